The van der Waals surface area contributed by atoms with Gasteiger partial charge in [-0.2, -0.15) is 4.31 Å². The second-order valence-electron chi connectivity index (χ2n) is 6.04. The number of amides is 1. The summed E-state index contributed by atoms with van der Waals surface area (Å²) in [6.07, 6.45) is 2.67. The van der Waals surface area contributed by atoms with Crippen LogP contribution in [0.15, 0.2) is 47.4 Å². The van der Waals surface area contributed by atoms with Crippen LogP contribution in [0.5, 0.6) is 0 Å². The number of hydrogen-bond donors (Lipinski definition) is 1. The molecule has 1 aliphatic rings. The molecule has 2 aromatic rings. The average Bonchev–Trinajstić information content (AvgIpc) is 2.64. The fraction of sp³-hybridized carbons (Fsp3) is 0.278. The molecule has 138 valence electrons. The number of anilines is 1. The van der Waals surface area contributed by atoms with Gasteiger partial charge in [0.2, 0.25) is 10.0 Å². The molecule has 0 unspecified atom stereocenters. The zero-order valence-corrected chi connectivity index (χ0v) is 16.2. The van der Waals surface area contributed by atoms with Gasteiger partial charge in [-0.15, -0.1) is 0 Å². The maximum atomic E-state index is 13.0. The quantitative estimate of drug-likeness (QED) is 0.807. The van der Waals surface area contributed by atoms with Gasteiger partial charge in [0.15, 0.2) is 0 Å². The van der Waals surface area contributed by atoms with Crippen LogP contribution >= 0.6 is 23.2 Å². The van der Waals surface area contributed by atoms with Crippen LogP contribution in [0.4, 0.5) is 5.69 Å². The summed E-state index contributed by atoms with van der Waals surface area (Å²) in [7, 11) is -3.73. The number of hydrogen-bond acceptors (Lipinski definition) is 3. The number of rotatable bonds is 4. The van der Waals surface area contributed by atoms with Gasteiger partial charge in [0.1, 0.15) is 0 Å². The van der Waals surface area contributed by atoms with E-state index in [1.54, 1.807) is 24.3 Å². The van der Waals surface area contributed by atoms with E-state index in [9.17, 15) is 13.2 Å². The molecule has 26 heavy (non-hydrogen) atoms. The third-order valence-corrected chi connectivity index (χ3v) is 6.75. The van der Waals surface area contributed by atoms with Gasteiger partial charge in [-0.3, -0.25) is 4.79 Å². The van der Waals surface area contributed by atoms with Gasteiger partial charge in [0, 0.05) is 18.1 Å². The van der Waals surface area contributed by atoms with Crippen LogP contribution in [0.1, 0.15) is 29.6 Å². The first-order valence-corrected chi connectivity index (χ1v) is 10.4. The summed E-state index contributed by atoms with van der Waals surface area (Å²) in [5.74, 6) is -0.537. The highest BCUT2D eigenvalue weighted by molar-refractivity contribution is 7.89. The van der Waals surface area contributed by atoms with Gasteiger partial charge >= 0.3 is 0 Å². The molecule has 0 aliphatic carbocycles. The first-order valence-electron chi connectivity index (χ1n) is 8.25. The standard InChI is InChI=1S/C18H18Cl2N2O3S/c19-13-8-9-16(15(20)12-13)21-18(23)14-6-2-3-7-17(14)26(24,25)22-10-4-1-5-11-22/h2-3,6-9,12H,1,4-5,10-11H2,(H,21,23). The van der Waals surface area contributed by atoms with E-state index in [2.05, 4.69) is 5.32 Å². The Bertz CT molecular complexity index is 926. The van der Waals surface area contributed by atoms with Crippen LogP contribution in [0.3, 0.4) is 0 Å². The van der Waals surface area contributed by atoms with Crippen molar-refractivity contribution in [1.29, 1.82) is 0 Å². The second kappa shape index (κ2) is 7.96. The molecule has 0 bridgehead atoms. The van der Waals surface area contributed by atoms with E-state index in [1.165, 1.54) is 22.5 Å². The second-order valence-corrected chi connectivity index (χ2v) is 8.79. The van der Waals surface area contributed by atoms with Gasteiger partial charge in [-0.1, -0.05) is 41.8 Å². The van der Waals surface area contributed by atoms with Crippen LogP contribution in [-0.4, -0.2) is 31.7 Å². The lowest BCUT2D eigenvalue weighted by atomic mass is 10.2. The molecule has 1 heterocycles. The molecule has 1 aliphatic heterocycles. The minimum Gasteiger partial charge on any atom is -0.321 e. The van der Waals surface area contributed by atoms with Gasteiger partial charge in [-0.25, -0.2) is 8.42 Å². The Morgan fingerprint density at radius 3 is 2.38 bits per heavy atom. The predicted molar refractivity (Wildman–Crippen MR) is 103 cm³/mol. The van der Waals surface area contributed by atoms with E-state index in [-0.39, 0.29) is 15.5 Å². The predicted octanol–water partition coefficient (Wildman–Crippen LogP) is 4.42. The molecule has 1 fully saturated rings. The Labute approximate surface area is 163 Å². The number of sulfonamides is 1. The normalized spacial score (nSPS) is 15.6. The summed E-state index contributed by atoms with van der Waals surface area (Å²) in [5, 5.41) is 3.38. The number of nitrogens with one attached hydrogen (secondary N) is 1. The lowest BCUT2D eigenvalue weighted by Gasteiger charge is -2.26. The Balaban J connectivity index is 1.92. The maximum Gasteiger partial charge on any atom is 0.257 e. The monoisotopic (exact) mass is 412 g/mol. The van der Waals surface area contributed by atoms with Crippen LogP contribution in [0.2, 0.25) is 10.0 Å². The van der Waals surface area contributed by atoms with Crippen molar-refractivity contribution in [3.63, 3.8) is 0 Å². The summed E-state index contributed by atoms with van der Waals surface area (Å²) in [6, 6.07) is 10.9. The van der Waals surface area contributed by atoms with E-state index in [0.717, 1.165) is 19.3 Å². The van der Waals surface area contributed by atoms with Crippen LogP contribution in [-0.2, 0) is 10.0 Å². The molecule has 0 aromatic heterocycles. The van der Waals surface area contributed by atoms with E-state index in [1.807, 2.05) is 0 Å². The summed E-state index contributed by atoms with van der Waals surface area (Å²) in [4.78, 5) is 12.7. The molecule has 0 radical (unpaired) electrons. The van der Waals surface area contributed by atoms with E-state index in [4.69, 9.17) is 23.2 Å². The van der Waals surface area contributed by atoms with Crippen LogP contribution in [0.25, 0.3) is 0 Å². The van der Waals surface area contributed by atoms with Crippen molar-refractivity contribution in [2.24, 2.45) is 0 Å². The highest BCUT2D eigenvalue weighted by Gasteiger charge is 2.29. The fourth-order valence-electron chi connectivity index (χ4n) is 2.90. The Morgan fingerprint density at radius 1 is 1.00 bits per heavy atom. The van der Waals surface area contributed by atoms with Crippen LogP contribution in [0, 0.1) is 0 Å². The molecule has 1 saturated heterocycles. The molecular formula is C18H18Cl2N2O3S. The van der Waals surface area contributed by atoms with E-state index in [0.29, 0.717) is 23.8 Å². The number of carbonyl (C=O) groups is 1. The molecule has 1 amide bonds. The molecule has 5 nitrogen and oxygen atoms in total. The average molecular weight is 413 g/mol. The third kappa shape index (κ3) is 4.04. The van der Waals surface area contributed by atoms with E-state index >= 15 is 0 Å². The third-order valence-electron chi connectivity index (χ3n) is 4.24. The first kappa shape index (κ1) is 19.2. The SMILES string of the molecule is O=C(Nc1ccc(Cl)cc1Cl)c1ccccc1S(=O)(=O)N1CCCCC1. The van der Waals surface area contributed by atoms with Crippen molar-refractivity contribution in [1.82, 2.24) is 4.31 Å². The largest absolute Gasteiger partial charge is 0.321 e. The molecule has 8 heteroatoms. The lowest BCUT2D eigenvalue weighted by molar-refractivity contribution is 0.102. The molecule has 2 aromatic carbocycles. The first-order chi connectivity index (χ1) is 12.4. The smallest absolute Gasteiger partial charge is 0.257 e. The van der Waals surface area contributed by atoms with Gasteiger partial charge in [0.25, 0.3) is 5.91 Å². The zero-order chi connectivity index (χ0) is 18.7. The van der Waals surface area contributed by atoms with E-state index < -0.39 is 15.9 Å². The lowest BCUT2D eigenvalue weighted by Crippen LogP contribution is -2.36. The molecule has 0 spiro atoms. The summed E-state index contributed by atoms with van der Waals surface area (Å²) in [5.41, 5.74) is 0.454. The number of benzene rings is 2. The van der Waals surface area contributed by atoms with Crippen molar-refractivity contribution in [3.05, 3.63) is 58.1 Å². The van der Waals surface area contributed by atoms with Gasteiger partial charge < -0.3 is 5.32 Å². The number of carbonyl (C=O) groups excluding carboxylic acids is 1. The molecular weight excluding hydrogens is 395 g/mol. The summed E-state index contributed by atoms with van der Waals surface area (Å²) in [6.45, 7) is 0.947. The zero-order valence-electron chi connectivity index (χ0n) is 13.9. The van der Waals surface area contributed by atoms with Crippen molar-refractivity contribution >= 4 is 44.8 Å². The summed E-state index contributed by atoms with van der Waals surface area (Å²) >= 11 is 11.9. The fourth-order valence-corrected chi connectivity index (χ4v) is 5.07. The number of piperidine rings is 1. The van der Waals surface area contributed by atoms with Crippen molar-refractivity contribution in [3.8, 4) is 0 Å². The van der Waals surface area contributed by atoms with Crippen molar-refractivity contribution < 1.29 is 13.2 Å². The van der Waals surface area contributed by atoms with Gasteiger partial charge in [0.05, 0.1) is 21.2 Å². The number of halogens is 2. The topological polar surface area (TPSA) is 66.5 Å². The Kier molecular flexibility index (Phi) is 5.87. The van der Waals surface area contributed by atoms with Crippen molar-refractivity contribution in [2.45, 2.75) is 24.2 Å². The highest BCUT2D eigenvalue weighted by atomic mass is 35.5. The molecule has 1 N–H and O–H groups in total. The number of nitrogens with zero attached hydrogens (tertiary/aromatic N) is 1. The molecule has 0 saturated carbocycles. The molecule has 0 atom stereocenters. The van der Waals surface area contributed by atoms with Crippen LogP contribution < -0.4 is 5.32 Å². The minimum absolute atomic E-state index is 0.00415. The van der Waals surface area contributed by atoms with Gasteiger partial charge in [-0.05, 0) is 43.2 Å². The highest BCUT2D eigenvalue weighted by Crippen LogP contribution is 2.28. The Morgan fingerprint density at radius 2 is 1.69 bits per heavy atom. The minimum atomic E-state index is -3.73. The Hall–Kier alpha value is -1.60. The maximum absolute atomic E-state index is 13.0. The molecule has 3 rings (SSSR count). The summed E-state index contributed by atoms with van der Waals surface area (Å²) < 4.78 is 27.4. The van der Waals surface area contributed by atoms with Crippen molar-refractivity contribution in [2.75, 3.05) is 18.4 Å².